The molecule has 2 heteroatoms. The van der Waals surface area contributed by atoms with Gasteiger partial charge >= 0.3 is 0 Å². The van der Waals surface area contributed by atoms with Crippen LogP contribution in [0.4, 0.5) is 0 Å². The monoisotopic (exact) mass is 215 g/mol. The molecule has 2 atom stereocenters. The van der Waals surface area contributed by atoms with Crippen LogP contribution >= 0.6 is 0 Å². The number of hydrogen-bond acceptors (Lipinski definition) is 2. The molecule has 92 valence electrons. The van der Waals surface area contributed by atoms with E-state index in [0.29, 0.717) is 12.0 Å². The van der Waals surface area contributed by atoms with Crippen molar-refractivity contribution >= 4 is 0 Å². The van der Waals surface area contributed by atoms with Gasteiger partial charge in [-0.1, -0.05) is 20.3 Å². The summed E-state index contributed by atoms with van der Waals surface area (Å²) < 4.78 is 5.77. The van der Waals surface area contributed by atoms with Crippen LogP contribution < -0.4 is 5.32 Å². The van der Waals surface area contributed by atoms with Gasteiger partial charge in [-0.25, -0.2) is 0 Å². The normalized spacial score (nSPS) is 16.4. The Morgan fingerprint density at radius 1 is 1.20 bits per heavy atom. The Labute approximate surface area is 95.8 Å². The standard InChI is InChI=1S/C13H29NO/c1-7-8-12(3)15-10-11(2)9-14-13(4,5)6/h11-12,14H,7-10H2,1-6H3. The number of hydrogen-bond donors (Lipinski definition) is 1. The van der Waals surface area contributed by atoms with E-state index in [9.17, 15) is 0 Å². The molecule has 0 saturated carbocycles. The van der Waals surface area contributed by atoms with E-state index in [2.05, 4.69) is 46.9 Å². The van der Waals surface area contributed by atoms with E-state index >= 15 is 0 Å². The first kappa shape index (κ1) is 14.9. The second kappa shape index (κ2) is 7.24. The van der Waals surface area contributed by atoms with Crippen LogP contribution in [0.3, 0.4) is 0 Å². The van der Waals surface area contributed by atoms with Gasteiger partial charge in [-0.2, -0.15) is 0 Å². The van der Waals surface area contributed by atoms with Crippen molar-refractivity contribution in [2.24, 2.45) is 5.92 Å². The minimum Gasteiger partial charge on any atom is -0.378 e. The first-order chi connectivity index (χ1) is 6.85. The molecule has 0 aromatic rings. The zero-order valence-corrected chi connectivity index (χ0v) is 11.4. The maximum absolute atomic E-state index is 5.77. The molecule has 0 amide bonds. The molecule has 0 spiro atoms. The minimum atomic E-state index is 0.212. The number of ether oxygens (including phenoxy) is 1. The van der Waals surface area contributed by atoms with Crippen molar-refractivity contribution in [3.05, 3.63) is 0 Å². The van der Waals surface area contributed by atoms with Crippen molar-refractivity contribution in [3.63, 3.8) is 0 Å². The summed E-state index contributed by atoms with van der Waals surface area (Å²) in [5.74, 6) is 0.587. The molecular weight excluding hydrogens is 186 g/mol. The van der Waals surface area contributed by atoms with Gasteiger partial charge in [0, 0.05) is 12.1 Å². The van der Waals surface area contributed by atoms with Gasteiger partial charge in [-0.3, -0.25) is 0 Å². The first-order valence-electron chi connectivity index (χ1n) is 6.21. The number of rotatable bonds is 7. The lowest BCUT2D eigenvalue weighted by atomic mass is 10.1. The third kappa shape index (κ3) is 10.2. The molecule has 0 saturated heterocycles. The van der Waals surface area contributed by atoms with Crippen LogP contribution in [-0.4, -0.2) is 24.8 Å². The molecule has 15 heavy (non-hydrogen) atoms. The Kier molecular flexibility index (Phi) is 7.20. The fourth-order valence-electron chi connectivity index (χ4n) is 1.36. The third-order valence-electron chi connectivity index (χ3n) is 2.34. The van der Waals surface area contributed by atoms with Gasteiger partial charge in [0.15, 0.2) is 0 Å². The Balaban J connectivity index is 3.53. The maximum atomic E-state index is 5.77. The summed E-state index contributed by atoms with van der Waals surface area (Å²) in [6.07, 6.45) is 2.78. The fraction of sp³-hybridized carbons (Fsp3) is 1.00. The minimum absolute atomic E-state index is 0.212. The van der Waals surface area contributed by atoms with Gasteiger partial charge in [0.2, 0.25) is 0 Å². The summed E-state index contributed by atoms with van der Waals surface area (Å²) in [7, 11) is 0. The van der Waals surface area contributed by atoms with Gasteiger partial charge in [0.1, 0.15) is 0 Å². The van der Waals surface area contributed by atoms with Crippen molar-refractivity contribution < 1.29 is 4.74 Å². The molecule has 2 nitrogen and oxygen atoms in total. The molecule has 1 N–H and O–H groups in total. The van der Waals surface area contributed by atoms with Gasteiger partial charge in [0.05, 0.1) is 12.7 Å². The molecule has 0 heterocycles. The average Bonchev–Trinajstić information content (AvgIpc) is 2.11. The molecule has 0 radical (unpaired) electrons. The first-order valence-corrected chi connectivity index (χ1v) is 6.21. The lowest BCUT2D eigenvalue weighted by Gasteiger charge is -2.24. The number of nitrogens with one attached hydrogen (secondary N) is 1. The summed E-state index contributed by atoms with van der Waals surface area (Å²) in [5.41, 5.74) is 0.212. The van der Waals surface area contributed by atoms with Crippen molar-refractivity contribution in [3.8, 4) is 0 Å². The van der Waals surface area contributed by atoms with E-state index in [1.807, 2.05) is 0 Å². The van der Waals surface area contributed by atoms with E-state index in [1.54, 1.807) is 0 Å². The molecule has 0 aliphatic carbocycles. The molecular formula is C13H29NO. The third-order valence-corrected chi connectivity index (χ3v) is 2.34. The summed E-state index contributed by atoms with van der Waals surface area (Å²) in [4.78, 5) is 0. The zero-order valence-electron chi connectivity index (χ0n) is 11.4. The Bertz CT molecular complexity index is 151. The molecule has 0 aliphatic rings. The summed E-state index contributed by atoms with van der Waals surface area (Å²) >= 11 is 0. The Hall–Kier alpha value is -0.0800. The van der Waals surface area contributed by atoms with Crippen LogP contribution in [0.1, 0.15) is 54.4 Å². The SMILES string of the molecule is CCCC(C)OCC(C)CNC(C)(C)C. The highest BCUT2D eigenvalue weighted by Crippen LogP contribution is 2.05. The van der Waals surface area contributed by atoms with E-state index in [4.69, 9.17) is 4.74 Å². The zero-order chi connectivity index (χ0) is 11.9. The highest BCUT2D eigenvalue weighted by Gasteiger charge is 2.11. The topological polar surface area (TPSA) is 21.3 Å². The summed E-state index contributed by atoms with van der Waals surface area (Å²) in [5, 5.41) is 3.50. The van der Waals surface area contributed by atoms with E-state index in [1.165, 1.54) is 12.8 Å². The smallest absolute Gasteiger partial charge is 0.0547 e. The van der Waals surface area contributed by atoms with Gasteiger partial charge in [-0.15, -0.1) is 0 Å². The molecule has 2 unspecified atom stereocenters. The van der Waals surface area contributed by atoms with Crippen LogP contribution in [0.15, 0.2) is 0 Å². The second-order valence-corrected chi connectivity index (χ2v) is 5.67. The molecule has 0 bridgehead atoms. The van der Waals surface area contributed by atoms with Crippen molar-refractivity contribution in [2.75, 3.05) is 13.2 Å². The lowest BCUT2D eigenvalue weighted by Crippen LogP contribution is -2.39. The van der Waals surface area contributed by atoms with E-state index < -0.39 is 0 Å². The molecule has 0 aliphatic heterocycles. The predicted molar refractivity (Wildman–Crippen MR) is 67.2 cm³/mol. The quantitative estimate of drug-likeness (QED) is 0.704. The highest BCUT2D eigenvalue weighted by atomic mass is 16.5. The van der Waals surface area contributed by atoms with Crippen LogP contribution in [0, 0.1) is 5.92 Å². The van der Waals surface area contributed by atoms with E-state index in [-0.39, 0.29) is 5.54 Å². The molecule has 0 aromatic carbocycles. The van der Waals surface area contributed by atoms with Crippen molar-refractivity contribution in [1.82, 2.24) is 5.32 Å². The highest BCUT2D eigenvalue weighted by molar-refractivity contribution is 4.71. The molecule has 0 fully saturated rings. The average molecular weight is 215 g/mol. The van der Waals surface area contributed by atoms with Crippen LogP contribution in [0.2, 0.25) is 0 Å². The lowest BCUT2D eigenvalue weighted by molar-refractivity contribution is 0.0375. The largest absolute Gasteiger partial charge is 0.378 e. The predicted octanol–water partition coefficient (Wildman–Crippen LogP) is 3.22. The van der Waals surface area contributed by atoms with Crippen molar-refractivity contribution in [1.29, 1.82) is 0 Å². The molecule has 0 rings (SSSR count). The van der Waals surface area contributed by atoms with E-state index in [0.717, 1.165) is 13.2 Å². The second-order valence-electron chi connectivity index (χ2n) is 5.67. The van der Waals surface area contributed by atoms with Crippen LogP contribution in [-0.2, 0) is 4.74 Å². The Morgan fingerprint density at radius 2 is 1.80 bits per heavy atom. The van der Waals surface area contributed by atoms with Crippen LogP contribution in [0.5, 0.6) is 0 Å². The summed E-state index contributed by atoms with van der Waals surface area (Å²) in [6, 6.07) is 0. The summed E-state index contributed by atoms with van der Waals surface area (Å²) in [6.45, 7) is 15.1. The van der Waals surface area contributed by atoms with Gasteiger partial charge in [-0.05, 0) is 40.0 Å². The molecule has 0 aromatic heterocycles. The Morgan fingerprint density at radius 3 is 2.27 bits per heavy atom. The maximum Gasteiger partial charge on any atom is 0.0547 e. The van der Waals surface area contributed by atoms with Gasteiger partial charge < -0.3 is 10.1 Å². The van der Waals surface area contributed by atoms with Crippen LogP contribution in [0.25, 0.3) is 0 Å². The van der Waals surface area contributed by atoms with Gasteiger partial charge in [0.25, 0.3) is 0 Å². The van der Waals surface area contributed by atoms with Crippen molar-refractivity contribution in [2.45, 2.75) is 66.0 Å². The fourth-order valence-corrected chi connectivity index (χ4v) is 1.36.